The number of hydrogen-bond donors (Lipinski definition) is 0. The molecule has 0 unspecified atom stereocenters. The summed E-state index contributed by atoms with van der Waals surface area (Å²) in [5.74, 6) is 1.27. The van der Waals surface area contributed by atoms with Crippen LogP contribution in [0.3, 0.4) is 0 Å². The fourth-order valence-corrected chi connectivity index (χ4v) is 2.76. The number of benzene rings is 1. The largest absolute Gasteiger partial charge is 0.496 e. The number of aryl methyl sites for hydroxylation is 2. The minimum absolute atomic E-state index is 0.401. The number of aliphatic imine (C=N–C) groups is 1. The van der Waals surface area contributed by atoms with Gasteiger partial charge in [0, 0.05) is 16.6 Å². The lowest BCUT2D eigenvalue weighted by Gasteiger charge is -2.12. The Labute approximate surface area is 152 Å². The smallest absolute Gasteiger partial charge is 0.123 e. The molecule has 25 heavy (non-hydrogen) atoms. The first-order chi connectivity index (χ1) is 11.9. The van der Waals surface area contributed by atoms with Crippen molar-refractivity contribution < 1.29 is 4.74 Å². The van der Waals surface area contributed by atoms with Gasteiger partial charge in [0.2, 0.25) is 0 Å². The van der Waals surface area contributed by atoms with Crippen LogP contribution in [0.4, 0.5) is 0 Å². The monoisotopic (exact) mass is 340 g/mol. The van der Waals surface area contributed by atoms with Gasteiger partial charge in [-0.25, -0.2) is 4.98 Å². The minimum Gasteiger partial charge on any atom is -0.496 e. The summed E-state index contributed by atoms with van der Waals surface area (Å²) in [5.41, 5.74) is 6.21. The van der Waals surface area contributed by atoms with E-state index in [4.69, 9.17) is 14.7 Å². The zero-order valence-corrected chi connectivity index (χ0v) is 17.2. The van der Waals surface area contributed by atoms with Gasteiger partial charge in [0.05, 0.1) is 24.0 Å². The molecule has 0 spiro atoms. The lowest BCUT2D eigenvalue weighted by molar-refractivity contribution is 0.412. The molecule has 136 valence electrons. The van der Waals surface area contributed by atoms with E-state index in [0.717, 1.165) is 39.3 Å². The Morgan fingerprint density at radius 3 is 2.36 bits per heavy atom. The second-order valence-corrected chi connectivity index (χ2v) is 6.18. The predicted molar refractivity (Wildman–Crippen MR) is 110 cm³/mol. The first-order valence-corrected chi connectivity index (χ1v) is 9.05. The lowest BCUT2D eigenvalue weighted by Crippen LogP contribution is -2.04. The van der Waals surface area contributed by atoms with E-state index in [9.17, 15) is 0 Å². The third-order valence-electron chi connectivity index (χ3n) is 4.17. The zero-order valence-electron chi connectivity index (χ0n) is 17.2. The van der Waals surface area contributed by atoms with Crippen molar-refractivity contribution in [1.82, 2.24) is 4.98 Å². The summed E-state index contributed by atoms with van der Waals surface area (Å²) in [6.45, 7) is 16.5. The molecule has 0 radical (unpaired) electrons. The first-order valence-electron chi connectivity index (χ1n) is 9.05. The normalized spacial score (nSPS) is 12.2. The van der Waals surface area contributed by atoms with Crippen molar-refractivity contribution in [2.45, 2.75) is 55.4 Å². The van der Waals surface area contributed by atoms with Crippen LogP contribution >= 0.6 is 0 Å². The summed E-state index contributed by atoms with van der Waals surface area (Å²) in [7, 11) is 1.69. The van der Waals surface area contributed by atoms with E-state index >= 15 is 0 Å². The molecule has 3 nitrogen and oxygen atoms in total. The molecule has 0 amide bonds. The molecule has 1 aromatic carbocycles. The Morgan fingerprint density at radius 2 is 1.84 bits per heavy atom. The Bertz CT molecular complexity index is 786. The standard InChI is InChI=1S/C20H26N2O.C2H6/c1-8-17(12(2)3)21-15(6)18-11-13(4)16-9-10-19(23-7)14(5)20(16)22-18;1-2/h8-12H,1-7H3;1-2H3/b17-8-,21-15?;. The fourth-order valence-electron chi connectivity index (χ4n) is 2.76. The molecule has 2 aromatic rings. The van der Waals surface area contributed by atoms with Gasteiger partial charge < -0.3 is 4.74 Å². The maximum absolute atomic E-state index is 5.43. The molecular weight excluding hydrogens is 308 g/mol. The van der Waals surface area contributed by atoms with E-state index in [-0.39, 0.29) is 0 Å². The molecule has 0 saturated heterocycles. The van der Waals surface area contributed by atoms with E-state index in [1.165, 1.54) is 5.56 Å². The molecule has 0 atom stereocenters. The summed E-state index contributed by atoms with van der Waals surface area (Å²) in [5, 5.41) is 1.16. The number of allylic oxidation sites excluding steroid dienone is 2. The number of fused-ring (bicyclic) bond motifs is 1. The van der Waals surface area contributed by atoms with Crippen molar-refractivity contribution in [2.75, 3.05) is 7.11 Å². The third kappa shape index (κ3) is 4.68. The molecule has 2 rings (SSSR count). The second kappa shape index (κ2) is 9.36. The Kier molecular flexibility index (Phi) is 7.82. The van der Waals surface area contributed by atoms with Gasteiger partial charge in [-0.2, -0.15) is 0 Å². The predicted octanol–water partition coefficient (Wildman–Crippen LogP) is 6.26. The highest BCUT2D eigenvalue weighted by atomic mass is 16.5. The minimum atomic E-state index is 0.401. The number of methoxy groups -OCH3 is 1. The molecule has 0 aliphatic heterocycles. The highest BCUT2D eigenvalue weighted by Gasteiger charge is 2.11. The quantitative estimate of drug-likeness (QED) is 0.616. The average Bonchev–Trinajstić information content (AvgIpc) is 2.61. The van der Waals surface area contributed by atoms with E-state index in [0.29, 0.717) is 5.92 Å². The van der Waals surface area contributed by atoms with Gasteiger partial charge in [0.1, 0.15) is 5.75 Å². The van der Waals surface area contributed by atoms with Gasteiger partial charge in [-0.05, 0) is 57.4 Å². The number of rotatable bonds is 4. The van der Waals surface area contributed by atoms with Crippen LogP contribution in [0, 0.1) is 19.8 Å². The van der Waals surface area contributed by atoms with Crippen LogP contribution in [0.25, 0.3) is 10.9 Å². The van der Waals surface area contributed by atoms with Crippen LogP contribution in [0.2, 0.25) is 0 Å². The maximum Gasteiger partial charge on any atom is 0.123 e. The molecule has 0 N–H and O–H groups in total. The number of pyridine rings is 1. The van der Waals surface area contributed by atoms with Crippen molar-refractivity contribution in [3.63, 3.8) is 0 Å². The number of aromatic nitrogens is 1. The van der Waals surface area contributed by atoms with Gasteiger partial charge in [-0.3, -0.25) is 4.99 Å². The van der Waals surface area contributed by atoms with Crippen molar-refractivity contribution >= 4 is 16.6 Å². The molecule has 0 aliphatic carbocycles. The molecule has 0 fully saturated rings. The van der Waals surface area contributed by atoms with Crippen LogP contribution in [-0.4, -0.2) is 17.8 Å². The highest BCUT2D eigenvalue weighted by Crippen LogP contribution is 2.28. The summed E-state index contributed by atoms with van der Waals surface area (Å²) >= 11 is 0. The number of ether oxygens (including phenoxy) is 1. The third-order valence-corrected chi connectivity index (χ3v) is 4.17. The van der Waals surface area contributed by atoms with Crippen LogP contribution in [-0.2, 0) is 0 Å². The van der Waals surface area contributed by atoms with E-state index in [1.54, 1.807) is 7.11 Å². The molecule has 0 aliphatic rings. The Hall–Kier alpha value is -2.16. The number of hydrogen-bond acceptors (Lipinski definition) is 3. The van der Waals surface area contributed by atoms with Crippen molar-refractivity contribution in [3.05, 3.63) is 46.8 Å². The van der Waals surface area contributed by atoms with E-state index < -0.39 is 0 Å². The van der Waals surface area contributed by atoms with E-state index in [1.807, 2.05) is 33.8 Å². The highest BCUT2D eigenvalue weighted by molar-refractivity contribution is 6.00. The molecule has 3 heteroatoms. The summed E-state index contributed by atoms with van der Waals surface area (Å²) in [6, 6.07) is 6.19. The molecule has 0 saturated carbocycles. The summed E-state index contributed by atoms with van der Waals surface area (Å²) < 4.78 is 5.43. The second-order valence-electron chi connectivity index (χ2n) is 6.18. The average molecular weight is 341 g/mol. The lowest BCUT2D eigenvalue weighted by atomic mass is 10.0. The van der Waals surface area contributed by atoms with Crippen LogP contribution < -0.4 is 4.74 Å². The zero-order chi connectivity index (χ0) is 19.1. The summed E-state index contributed by atoms with van der Waals surface area (Å²) in [6.07, 6.45) is 2.07. The Balaban J connectivity index is 0.00000151. The van der Waals surface area contributed by atoms with Gasteiger partial charge in [0.25, 0.3) is 0 Å². The van der Waals surface area contributed by atoms with Gasteiger partial charge in [-0.1, -0.05) is 33.8 Å². The van der Waals surface area contributed by atoms with Crippen LogP contribution in [0.1, 0.15) is 58.4 Å². The van der Waals surface area contributed by atoms with Crippen molar-refractivity contribution in [3.8, 4) is 5.75 Å². The van der Waals surface area contributed by atoms with Crippen molar-refractivity contribution in [2.24, 2.45) is 10.9 Å². The Morgan fingerprint density at radius 1 is 1.20 bits per heavy atom. The molecule has 0 bridgehead atoms. The molecule has 1 aromatic heterocycles. The number of nitrogens with zero attached hydrogens (tertiary/aromatic N) is 2. The fraction of sp³-hybridized carbons (Fsp3) is 0.455. The van der Waals surface area contributed by atoms with Gasteiger partial charge >= 0.3 is 0 Å². The molecule has 1 heterocycles. The molecular formula is C22H32N2O. The van der Waals surface area contributed by atoms with Crippen molar-refractivity contribution in [1.29, 1.82) is 0 Å². The SMILES string of the molecule is C/C=C(\N=C(C)c1cc(C)c2ccc(OC)c(C)c2n1)C(C)C.CC. The first kappa shape index (κ1) is 20.9. The van der Waals surface area contributed by atoms with Crippen LogP contribution in [0.15, 0.2) is 35.0 Å². The topological polar surface area (TPSA) is 34.5 Å². The van der Waals surface area contributed by atoms with Gasteiger partial charge in [-0.15, -0.1) is 0 Å². The van der Waals surface area contributed by atoms with E-state index in [2.05, 4.69) is 45.9 Å². The maximum atomic E-state index is 5.43. The van der Waals surface area contributed by atoms with Gasteiger partial charge in [0.15, 0.2) is 0 Å². The van der Waals surface area contributed by atoms with Crippen LogP contribution in [0.5, 0.6) is 5.75 Å². The summed E-state index contributed by atoms with van der Waals surface area (Å²) in [4.78, 5) is 9.62.